The maximum atomic E-state index is 13.1. The average Bonchev–Trinajstić information content (AvgIpc) is 3.53. The lowest BCUT2D eigenvalue weighted by atomic mass is 9.75. The van der Waals surface area contributed by atoms with Crippen LogP contribution in [0, 0.1) is 36.0 Å². The molecule has 2 amide bonds. The zero-order chi connectivity index (χ0) is 28.5. The molecule has 0 radical (unpaired) electrons. The van der Waals surface area contributed by atoms with E-state index in [0.29, 0.717) is 6.42 Å². The Balaban J connectivity index is 0. The molecular formula is C28H53N3O4S. The monoisotopic (exact) mass is 527 g/mol. The molecule has 1 aliphatic carbocycles. The minimum Gasteiger partial charge on any atom is -0.346 e. The van der Waals surface area contributed by atoms with E-state index >= 15 is 0 Å². The summed E-state index contributed by atoms with van der Waals surface area (Å²) in [5.74, 6) is -1.69. The summed E-state index contributed by atoms with van der Waals surface area (Å²) >= 11 is 1.67. The van der Waals surface area contributed by atoms with Crippen LogP contribution in [-0.4, -0.2) is 33.8 Å². The first kappa shape index (κ1) is 36.4. The number of hydroxylamine groups is 1. The number of hydrogen-bond acceptors (Lipinski definition) is 6. The van der Waals surface area contributed by atoms with Crippen LogP contribution in [0.3, 0.4) is 0 Å². The maximum Gasteiger partial charge on any atom is 0.247 e. The van der Waals surface area contributed by atoms with Crippen molar-refractivity contribution in [3.63, 3.8) is 0 Å². The molecule has 0 spiro atoms. The van der Waals surface area contributed by atoms with E-state index in [0.717, 1.165) is 30.7 Å². The number of carbonyl (C=O) groups is 3. The van der Waals surface area contributed by atoms with Crippen molar-refractivity contribution >= 4 is 28.9 Å². The Hall–Kier alpha value is -1.80. The molecule has 1 unspecified atom stereocenters. The highest BCUT2D eigenvalue weighted by molar-refractivity contribution is 7.09. The number of rotatable bonds is 8. The van der Waals surface area contributed by atoms with Gasteiger partial charge in [-0.2, -0.15) is 0 Å². The van der Waals surface area contributed by atoms with Gasteiger partial charge in [0.15, 0.2) is 5.78 Å². The maximum absolute atomic E-state index is 13.1. The molecule has 7 nitrogen and oxygen atoms in total. The lowest BCUT2D eigenvalue weighted by Crippen LogP contribution is -2.53. The van der Waals surface area contributed by atoms with Crippen molar-refractivity contribution in [2.75, 3.05) is 0 Å². The van der Waals surface area contributed by atoms with Crippen LogP contribution in [-0.2, 0) is 14.4 Å². The van der Waals surface area contributed by atoms with Crippen molar-refractivity contribution in [2.24, 2.45) is 29.1 Å². The van der Waals surface area contributed by atoms with Crippen LogP contribution in [0.4, 0.5) is 0 Å². The zero-order valence-electron chi connectivity index (χ0n) is 24.6. The summed E-state index contributed by atoms with van der Waals surface area (Å²) in [5, 5.41) is 15.2. The van der Waals surface area contributed by atoms with Crippen LogP contribution in [0.5, 0.6) is 0 Å². The first-order valence-corrected chi connectivity index (χ1v) is 14.4. The Morgan fingerprint density at radius 3 is 1.92 bits per heavy atom. The summed E-state index contributed by atoms with van der Waals surface area (Å²) in [6, 6.07) is -0.605. The highest BCUT2D eigenvalue weighted by Gasteiger charge is 2.42. The number of hydrogen-bond donors (Lipinski definition) is 3. The second-order valence-electron chi connectivity index (χ2n) is 10.3. The van der Waals surface area contributed by atoms with Gasteiger partial charge in [0.1, 0.15) is 0 Å². The second-order valence-corrected chi connectivity index (χ2v) is 11.4. The van der Waals surface area contributed by atoms with Gasteiger partial charge in [0, 0.05) is 11.6 Å². The molecule has 36 heavy (non-hydrogen) atoms. The van der Waals surface area contributed by atoms with Crippen molar-refractivity contribution < 1.29 is 19.6 Å². The number of amides is 2. The molecule has 1 saturated carbocycles. The Morgan fingerprint density at radius 2 is 1.61 bits per heavy atom. The van der Waals surface area contributed by atoms with E-state index < -0.39 is 29.2 Å². The SMILES string of the molecule is CC.CC.CC(=O)[C@@H](NC(=O)C(CC(C)C)[C@@H](C(=O)NO)C1CCCC1)C(C)(C)C.Cc1nccs1. The molecule has 1 heterocycles. The number of Topliss-reactive ketones (excluding diaryl/α,β-unsaturated/α-hetero) is 1. The predicted octanol–water partition coefficient (Wildman–Crippen LogP) is 6.58. The largest absolute Gasteiger partial charge is 0.346 e. The van der Waals surface area contributed by atoms with E-state index in [-0.39, 0.29) is 23.5 Å². The first-order valence-electron chi connectivity index (χ1n) is 13.5. The van der Waals surface area contributed by atoms with Crippen molar-refractivity contribution in [3.05, 3.63) is 16.6 Å². The normalized spacial score (nSPS) is 15.6. The van der Waals surface area contributed by atoms with E-state index in [2.05, 4.69) is 10.3 Å². The molecule has 1 aromatic heterocycles. The van der Waals surface area contributed by atoms with Gasteiger partial charge in [0.25, 0.3) is 0 Å². The van der Waals surface area contributed by atoms with Gasteiger partial charge in [-0.3, -0.25) is 24.6 Å². The molecule has 1 fully saturated rings. The van der Waals surface area contributed by atoms with Crippen LogP contribution in [0.1, 0.15) is 106 Å². The smallest absolute Gasteiger partial charge is 0.247 e. The first-order chi connectivity index (χ1) is 16.9. The van der Waals surface area contributed by atoms with E-state index in [9.17, 15) is 19.6 Å². The van der Waals surface area contributed by atoms with E-state index in [1.807, 2.05) is 74.6 Å². The minimum absolute atomic E-state index is 0.0852. The quantitative estimate of drug-likeness (QED) is 0.261. The fourth-order valence-electron chi connectivity index (χ4n) is 4.51. The molecule has 1 aliphatic rings. The third-order valence-electron chi connectivity index (χ3n) is 5.93. The summed E-state index contributed by atoms with van der Waals surface area (Å²) < 4.78 is 0. The lowest BCUT2D eigenvalue weighted by Gasteiger charge is -2.34. The van der Waals surface area contributed by atoms with Gasteiger partial charge < -0.3 is 5.32 Å². The summed E-state index contributed by atoms with van der Waals surface area (Å²) in [7, 11) is 0. The van der Waals surface area contributed by atoms with E-state index in [1.165, 1.54) is 6.92 Å². The number of aryl methyl sites for hydroxylation is 1. The number of carbonyl (C=O) groups excluding carboxylic acids is 3. The summed E-state index contributed by atoms with van der Waals surface area (Å²) in [6.07, 6.45) is 6.18. The van der Waals surface area contributed by atoms with Gasteiger partial charge in [-0.1, -0.05) is 75.2 Å². The molecule has 0 bridgehead atoms. The van der Waals surface area contributed by atoms with Crippen LogP contribution < -0.4 is 10.8 Å². The number of nitrogens with one attached hydrogen (secondary N) is 2. The molecule has 0 aromatic carbocycles. The number of ketones is 1. The summed E-state index contributed by atoms with van der Waals surface area (Å²) in [4.78, 5) is 41.6. The van der Waals surface area contributed by atoms with Crippen molar-refractivity contribution in [2.45, 2.75) is 114 Å². The van der Waals surface area contributed by atoms with Crippen LogP contribution in [0.25, 0.3) is 0 Å². The number of aromatic nitrogens is 1. The van der Waals surface area contributed by atoms with Gasteiger partial charge in [-0.25, -0.2) is 5.48 Å². The molecule has 210 valence electrons. The highest BCUT2D eigenvalue weighted by atomic mass is 32.1. The van der Waals surface area contributed by atoms with Crippen molar-refractivity contribution in [1.29, 1.82) is 0 Å². The van der Waals surface area contributed by atoms with Gasteiger partial charge in [-0.15, -0.1) is 11.3 Å². The molecule has 3 N–H and O–H groups in total. The lowest BCUT2D eigenvalue weighted by molar-refractivity contribution is -0.144. The van der Waals surface area contributed by atoms with E-state index in [4.69, 9.17) is 0 Å². The molecule has 0 aliphatic heterocycles. The fourth-order valence-corrected chi connectivity index (χ4v) is 4.95. The van der Waals surface area contributed by atoms with Gasteiger partial charge in [-0.05, 0) is 50.4 Å². The Labute approximate surface area is 224 Å². The standard InChI is InChI=1S/C20H36N2O4.C4H5NS.2C2H6/c1-12(2)11-15(16(19(25)22-26)14-9-7-8-10-14)18(24)21-17(13(3)23)20(4,5)6;1-4-5-2-3-6-4;2*1-2/h12,14-17,26H,7-11H2,1-6H3,(H,21,24)(H,22,25);2-3H,1H3;2*1-2H3/t15?,16-,17+;;;/m0.../s1. The van der Waals surface area contributed by atoms with Crippen LogP contribution in [0.2, 0.25) is 0 Å². The molecule has 0 saturated heterocycles. The second kappa shape index (κ2) is 19.3. The topological polar surface area (TPSA) is 108 Å². The number of nitrogens with zero attached hydrogens (tertiary/aromatic N) is 1. The van der Waals surface area contributed by atoms with Crippen molar-refractivity contribution in [1.82, 2.24) is 15.8 Å². The van der Waals surface area contributed by atoms with Crippen LogP contribution >= 0.6 is 11.3 Å². The summed E-state index contributed by atoms with van der Waals surface area (Å²) in [6.45, 7) is 21.2. The van der Waals surface area contributed by atoms with Crippen LogP contribution in [0.15, 0.2) is 11.6 Å². The highest BCUT2D eigenvalue weighted by Crippen LogP contribution is 2.38. The molecule has 3 atom stereocenters. The third kappa shape index (κ3) is 13.5. The van der Waals surface area contributed by atoms with Gasteiger partial charge in [0.05, 0.1) is 22.9 Å². The zero-order valence-corrected chi connectivity index (χ0v) is 25.4. The number of thiazole rings is 1. The summed E-state index contributed by atoms with van der Waals surface area (Å²) in [5.41, 5.74) is 1.36. The molecule has 1 aromatic rings. The molecular weight excluding hydrogens is 474 g/mol. The van der Waals surface area contributed by atoms with Crippen molar-refractivity contribution in [3.8, 4) is 0 Å². The third-order valence-corrected chi connectivity index (χ3v) is 6.64. The molecule has 2 rings (SSSR count). The Bertz CT molecular complexity index is 724. The van der Waals surface area contributed by atoms with Gasteiger partial charge >= 0.3 is 0 Å². The fraction of sp³-hybridized carbons (Fsp3) is 0.786. The van der Waals surface area contributed by atoms with E-state index in [1.54, 1.807) is 23.0 Å². The molecule has 8 heteroatoms. The van der Waals surface area contributed by atoms with Gasteiger partial charge in [0.2, 0.25) is 11.8 Å². The predicted molar refractivity (Wildman–Crippen MR) is 150 cm³/mol. The Kier molecular flexibility index (Phi) is 19.5. The average molecular weight is 528 g/mol. The minimum atomic E-state index is -0.605. The Morgan fingerprint density at radius 1 is 1.08 bits per heavy atom.